The van der Waals surface area contributed by atoms with Crippen LogP contribution in [0, 0.1) is 5.82 Å². The van der Waals surface area contributed by atoms with Crippen molar-refractivity contribution in [2.24, 2.45) is 0 Å². The zero-order valence-electron chi connectivity index (χ0n) is 13.3. The number of carbonyl (C=O) groups is 1. The van der Waals surface area contributed by atoms with Crippen LogP contribution in [0.25, 0.3) is 5.69 Å². The van der Waals surface area contributed by atoms with Crippen molar-refractivity contribution in [2.75, 3.05) is 13.6 Å². The quantitative estimate of drug-likeness (QED) is 0.777. The summed E-state index contributed by atoms with van der Waals surface area (Å²) in [4.78, 5) is 14.0. The van der Waals surface area contributed by atoms with E-state index in [1.807, 2.05) is 19.1 Å². The smallest absolute Gasteiger partial charge is 0.253 e. The third kappa shape index (κ3) is 3.17. The highest BCUT2D eigenvalue weighted by Crippen LogP contribution is 2.17. The predicted octanol–water partition coefficient (Wildman–Crippen LogP) is 2.01. The molecule has 0 fully saturated rings. The lowest BCUT2D eigenvalue weighted by Gasteiger charge is -2.20. The van der Waals surface area contributed by atoms with Gasteiger partial charge >= 0.3 is 0 Å². The second-order valence-corrected chi connectivity index (χ2v) is 5.61. The molecule has 0 saturated heterocycles. The molecule has 3 rings (SSSR count). The summed E-state index contributed by atoms with van der Waals surface area (Å²) in [5.74, 6) is -0.259. The zero-order valence-corrected chi connectivity index (χ0v) is 13.3. The Hall–Kier alpha value is -3.03. The van der Waals surface area contributed by atoms with E-state index in [-0.39, 0.29) is 11.8 Å². The van der Waals surface area contributed by atoms with Gasteiger partial charge in [0, 0.05) is 37.5 Å². The highest BCUT2D eigenvalue weighted by atomic mass is 19.1. The lowest BCUT2D eigenvalue weighted by atomic mass is 10.1. The fraction of sp³-hybridized carbons (Fsp3) is 0.250. The summed E-state index contributed by atoms with van der Waals surface area (Å²) in [6, 6.07) is 8.10. The number of carbonyl (C=O) groups excluding carboxylic acids is 1. The number of amides is 1. The van der Waals surface area contributed by atoms with Gasteiger partial charge in [0.05, 0.1) is 5.69 Å². The average molecular weight is 328 g/mol. The Morgan fingerprint density at radius 2 is 2.12 bits per heavy atom. The van der Waals surface area contributed by atoms with Gasteiger partial charge < -0.3 is 9.47 Å². The van der Waals surface area contributed by atoms with Crippen molar-refractivity contribution >= 4 is 5.91 Å². The summed E-state index contributed by atoms with van der Waals surface area (Å²) < 4.78 is 16.0. The minimum Gasteiger partial charge on any atom is -0.341 e. The zero-order chi connectivity index (χ0) is 17.1. The molecule has 1 unspecified atom stereocenters. The topological polar surface area (TPSA) is 79.7 Å². The number of aromatic amines is 1. The van der Waals surface area contributed by atoms with E-state index in [9.17, 15) is 9.18 Å². The third-order valence-electron chi connectivity index (χ3n) is 3.77. The standard InChI is InChI=1S/C16H17FN6O/c1-11(15-18-20-21-19-15)10-22(2)16(24)12-5-6-14(13(17)9-12)23-7-3-4-8-23/h3-9,11H,10H2,1-2H3,(H,18,19,20,21). The van der Waals surface area contributed by atoms with Gasteiger partial charge in [-0.05, 0) is 30.3 Å². The molecule has 0 aliphatic rings. The molecular formula is C16H17FN6O. The molecule has 0 bridgehead atoms. The first kappa shape index (κ1) is 15.9. The van der Waals surface area contributed by atoms with Gasteiger partial charge in [0.2, 0.25) is 0 Å². The first-order valence-electron chi connectivity index (χ1n) is 7.48. The van der Waals surface area contributed by atoms with Gasteiger partial charge in [0.15, 0.2) is 5.82 Å². The molecule has 2 heterocycles. The Bertz CT molecular complexity index is 815. The monoisotopic (exact) mass is 328 g/mol. The fourth-order valence-electron chi connectivity index (χ4n) is 2.52. The van der Waals surface area contributed by atoms with Crippen LogP contribution in [-0.4, -0.2) is 49.6 Å². The lowest BCUT2D eigenvalue weighted by Crippen LogP contribution is -2.30. The number of nitrogens with zero attached hydrogens (tertiary/aromatic N) is 5. The molecule has 24 heavy (non-hydrogen) atoms. The molecule has 0 aliphatic carbocycles. The fourth-order valence-corrected chi connectivity index (χ4v) is 2.52. The van der Waals surface area contributed by atoms with Crippen molar-refractivity contribution in [3.8, 4) is 5.69 Å². The number of hydrogen-bond acceptors (Lipinski definition) is 4. The van der Waals surface area contributed by atoms with Crippen molar-refractivity contribution in [1.82, 2.24) is 30.1 Å². The summed E-state index contributed by atoms with van der Waals surface area (Å²) >= 11 is 0. The summed E-state index contributed by atoms with van der Waals surface area (Å²) in [5, 5.41) is 13.7. The maximum Gasteiger partial charge on any atom is 0.253 e. The first-order valence-corrected chi connectivity index (χ1v) is 7.48. The van der Waals surface area contributed by atoms with E-state index in [1.54, 1.807) is 36.1 Å². The summed E-state index contributed by atoms with van der Waals surface area (Å²) in [7, 11) is 1.66. The molecule has 1 aromatic carbocycles. The van der Waals surface area contributed by atoms with Crippen LogP contribution in [0.5, 0.6) is 0 Å². The molecule has 0 saturated carbocycles. The van der Waals surface area contributed by atoms with Gasteiger partial charge in [-0.15, -0.1) is 10.2 Å². The molecule has 1 amide bonds. The van der Waals surface area contributed by atoms with Gasteiger partial charge in [-0.3, -0.25) is 4.79 Å². The molecule has 2 aromatic heterocycles. The highest BCUT2D eigenvalue weighted by molar-refractivity contribution is 5.94. The number of rotatable bonds is 5. The van der Waals surface area contributed by atoms with Gasteiger partial charge in [-0.2, -0.15) is 5.21 Å². The number of hydrogen-bond donors (Lipinski definition) is 1. The Morgan fingerprint density at radius 1 is 1.38 bits per heavy atom. The Morgan fingerprint density at radius 3 is 2.75 bits per heavy atom. The van der Waals surface area contributed by atoms with Crippen LogP contribution in [0.4, 0.5) is 4.39 Å². The van der Waals surface area contributed by atoms with Gasteiger partial charge in [-0.1, -0.05) is 12.1 Å². The van der Waals surface area contributed by atoms with Crippen LogP contribution in [-0.2, 0) is 0 Å². The molecule has 8 heteroatoms. The van der Waals surface area contributed by atoms with Crippen molar-refractivity contribution in [1.29, 1.82) is 0 Å². The Kier molecular flexibility index (Phi) is 4.37. The predicted molar refractivity (Wildman–Crippen MR) is 85.3 cm³/mol. The van der Waals surface area contributed by atoms with Crippen molar-refractivity contribution in [3.63, 3.8) is 0 Å². The maximum atomic E-state index is 14.3. The minimum atomic E-state index is -0.448. The van der Waals surface area contributed by atoms with Gasteiger partial charge in [0.1, 0.15) is 5.82 Å². The largest absolute Gasteiger partial charge is 0.341 e. The van der Waals surface area contributed by atoms with Crippen molar-refractivity contribution in [3.05, 3.63) is 59.9 Å². The van der Waals surface area contributed by atoms with E-state index in [0.717, 1.165) is 0 Å². The van der Waals surface area contributed by atoms with E-state index in [0.29, 0.717) is 23.6 Å². The SMILES string of the molecule is CC(CN(C)C(=O)c1ccc(-n2cccc2)c(F)c1)c1nn[nH]n1. The highest BCUT2D eigenvalue weighted by Gasteiger charge is 2.19. The molecule has 1 N–H and O–H groups in total. The summed E-state index contributed by atoms with van der Waals surface area (Å²) in [5.41, 5.74) is 0.700. The van der Waals surface area contributed by atoms with E-state index >= 15 is 0 Å². The molecule has 1 atom stereocenters. The number of aromatic nitrogens is 5. The van der Waals surface area contributed by atoms with E-state index in [4.69, 9.17) is 0 Å². The maximum absolute atomic E-state index is 14.3. The number of tetrazole rings is 1. The van der Waals surface area contributed by atoms with Crippen LogP contribution in [0.3, 0.4) is 0 Å². The van der Waals surface area contributed by atoms with E-state index in [1.165, 1.54) is 11.0 Å². The first-order chi connectivity index (χ1) is 11.6. The molecule has 0 aliphatic heterocycles. The van der Waals surface area contributed by atoms with Crippen LogP contribution in [0.2, 0.25) is 0 Å². The molecule has 124 valence electrons. The summed E-state index contributed by atoms with van der Waals surface area (Å²) in [6.07, 6.45) is 3.50. The van der Waals surface area contributed by atoms with Crippen LogP contribution >= 0.6 is 0 Å². The molecule has 7 nitrogen and oxygen atoms in total. The number of halogens is 1. The van der Waals surface area contributed by atoms with Crippen molar-refractivity contribution < 1.29 is 9.18 Å². The minimum absolute atomic E-state index is 0.0818. The second kappa shape index (κ2) is 6.61. The van der Waals surface area contributed by atoms with E-state index < -0.39 is 5.82 Å². The lowest BCUT2D eigenvalue weighted by molar-refractivity contribution is 0.0787. The van der Waals surface area contributed by atoms with Gasteiger partial charge in [0.25, 0.3) is 5.91 Å². The second-order valence-electron chi connectivity index (χ2n) is 5.61. The van der Waals surface area contributed by atoms with Gasteiger partial charge in [-0.25, -0.2) is 4.39 Å². The molecule has 0 radical (unpaired) electrons. The normalized spacial score (nSPS) is 12.1. The van der Waals surface area contributed by atoms with E-state index in [2.05, 4.69) is 20.6 Å². The summed E-state index contributed by atoms with van der Waals surface area (Å²) in [6.45, 7) is 2.30. The average Bonchev–Trinajstić information content (AvgIpc) is 3.27. The van der Waals surface area contributed by atoms with Crippen LogP contribution in [0.15, 0.2) is 42.7 Å². The third-order valence-corrected chi connectivity index (χ3v) is 3.77. The molecule has 0 spiro atoms. The number of nitrogens with one attached hydrogen (secondary N) is 1. The number of benzene rings is 1. The van der Waals surface area contributed by atoms with Crippen molar-refractivity contribution in [2.45, 2.75) is 12.8 Å². The Balaban J connectivity index is 1.74. The molecular weight excluding hydrogens is 311 g/mol. The molecule has 3 aromatic rings. The van der Waals surface area contributed by atoms with Crippen LogP contribution in [0.1, 0.15) is 29.0 Å². The van der Waals surface area contributed by atoms with Crippen LogP contribution < -0.4 is 0 Å². The number of H-pyrrole nitrogens is 1. The Labute approximate surface area is 138 Å². The number of likely N-dealkylation sites (N-methyl/N-ethyl adjacent to an activating group) is 1.